The number of hydrogen-bond acceptors (Lipinski definition) is 4. The average Bonchev–Trinajstić information content (AvgIpc) is 2.19. The lowest BCUT2D eigenvalue weighted by atomic mass is 10.1. The summed E-state index contributed by atoms with van der Waals surface area (Å²) in [7, 11) is -1.74. The van der Waals surface area contributed by atoms with E-state index in [1.807, 2.05) is 0 Å². The summed E-state index contributed by atoms with van der Waals surface area (Å²) in [5.74, 6) is 0.635. The first kappa shape index (κ1) is 13.0. The summed E-state index contributed by atoms with van der Waals surface area (Å²) in [5, 5.41) is 8.91. The van der Waals surface area contributed by atoms with Gasteiger partial charge in [-0.3, -0.25) is 0 Å². The second-order valence-corrected chi connectivity index (χ2v) is 5.66. The molecule has 5 heteroatoms. The fraction of sp³-hybridized carbons (Fsp3) is 0.455. The van der Waals surface area contributed by atoms with E-state index in [2.05, 4.69) is 0 Å². The van der Waals surface area contributed by atoms with Gasteiger partial charge in [-0.1, -0.05) is 0 Å². The van der Waals surface area contributed by atoms with E-state index in [0.717, 1.165) is 11.8 Å². The number of aryl methyl sites for hydroxylation is 1. The van der Waals surface area contributed by atoms with Crippen molar-refractivity contribution in [2.45, 2.75) is 18.2 Å². The van der Waals surface area contributed by atoms with Crippen LogP contribution >= 0.6 is 0 Å². The van der Waals surface area contributed by atoms with Crippen molar-refractivity contribution in [3.63, 3.8) is 0 Å². The zero-order valence-corrected chi connectivity index (χ0v) is 10.5. The van der Waals surface area contributed by atoms with Gasteiger partial charge in [-0.05, 0) is 36.6 Å². The Labute approximate surface area is 95.8 Å². The molecule has 0 saturated heterocycles. The first-order valence-corrected chi connectivity index (χ1v) is 6.77. The molecule has 0 fully saturated rings. The van der Waals surface area contributed by atoms with Crippen molar-refractivity contribution in [3.8, 4) is 5.75 Å². The first-order valence-electron chi connectivity index (χ1n) is 4.88. The highest BCUT2D eigenvalue weighted by Crippen LogP contribution is 2.26. The third kappa shape index (κ3) is 2.74. The Balaban J connectivity index is 3.42. The Morgan fingerprint density at radius 1 is 1.38 bits per heavy atom. The van der Waals surface area contributed by atoms with Crippen LogP contribution < -0.4 is 4.74 Å². The molecule has 1 N–H and O–H groups in total. The Hall–Kier alpha value is -1.07. The minimum absolute atomic E-state index is 0.0886. The molecule has 1 aromatic carbocycles. The molecule has 0 spiro atoms. The number of hydrogen-bond donors (Lipinski definition) is 1. The van der Waals surface area contributed by atoms with Crippen molar-refractivity contribution < 1.29 is 18.3 Å². The van der Waals surface area contributed by atoms with Crippen LogP contribution in [0.3, 0.4) is 0 Å². The van der Waals surface area contributed by atoms with Crippen molar-refractivity contribution in [1.29, 1.82) is 0 Å². The van der Waals surface area contributed by atoms with Gasteiger partial charge >= 0.3 is 0 Å². The number of ether oxygens (including phenoxy) is 1. The van der Waals surface area contributed by atoms with E-state index >= 15 is 0 Å². The fourth-order valence-corrected chi connectivity index (χ4v) is 2.61. The predicted octanol–water partition coefficient (Wildman–Crippen LogP) is 0.942. The van der Waals surface area contributed by atoms with Gasteiger partial charge in [0.05, 0.1) is 12.0 Å². The monoisotopic (exact) mass is 244 g/mol. The molecule has 0 aromatic heterocycles. The van der Waals surface area contributed by atoms with E-state index in [9.17, 15) is 8.42 Å². The number of sulfone groups is 1. The Bertz CT molecular complexity index is 477. The molecule has 0 amide bonds. The van der Waals surface area contributed by atoms with E-state index in [0.29, 0.717) is 17.7 Å². The number of benzene rings is 1. The van der Waals surface area contributed by atoms with E-state index in [4.69, 9.17) is 9.84 Å². The van der Waals surface area contributed by atoms with Crippen LogP contribution in [0.1, 0.15) is 11.1 Å². The summed E-state index contributed by atoms with van der Waals surface area (Å²) >= 11 is 0. The van der Waals surface area contributed by atoms with E-state index in [1.165, 1.54) is 7.11 Å². The van der Waals surface area contributed by atoms with Gasteiger partial charge < -0.3 is 9.84 Å². The van der Waals surface area contributed by atoms with E-state index < -0.39 is 9.84 Å². The average molecular weight is 244 g/mol. The molecule has 4 nitrogen and oxygen atoms in total. The number of aliphatic hydroxyl groups is 1. The van der Waals surface area contributed by atoms with E-state index in [1.54, 1.807) is 19.1 Å². The number of rotatable bonds is 4. The van der Waals surface area contributed by atoms with Gasteiger partial charge in [-0.15, -0.1) is 0 Å². The lowest BCUT2D eigenvalue weighted by Crippen LogP contribution is -2.06. The van der Waals surface area contributed by atoms with Gasteiger partial charge in [0.15, 0.2) is 9.84 Å². The normalized spacial score (nSPS) is 11.5. The van der Waals surface area contributed by atoms with Gasteiger partial charge in [-0.25, -0.2) is 8.42 Å². The Morgan fingerprint density at radius 3 is 2.44 bits per heavy atom. The zero-order valence-electron chi connectivity index (χ0n) is 9.65. The van der Waals surface area contributed by atoms with Gasteiger partial charge in [0, 0.05) is 12.9 Å². The van der Waals surface area contributed by atoms with Gasteiger partial charge in [0.25, 0.3) is 0 Å². The van der Waals surface area contributed by atoms with Crippen molar-refractivity contribution in [2.75, 3.05) is 20.0 Å². The molecular formula is C11H16O4S. The number of aliphatic hydroxyl groups excluding tert-OH is 1. The minimum atomic E-state index is -3.27. The van der Waals surface area contributed by atoms with Crippen LogP contribution in [0.25, 0.3) is 0 Å². The van der Waals surface area contributed by atoms with E-state index in [-0.39, 0.29) is 11.5 Å². The van der Waals surface area contributed by atoms with Crippen LogP contribution in [-0.2, 0) is 16.3 Å². The molecule has 0 heterocycles. The quantitative estimate of drug-likeness (QED) is 0.856. The predicted molar refractivity (Wildman–Crippen MR) is 61.6 cm³/mol. The molecule has 0 radical (unpaired) electrons. The van der Waals surface area contributed by atoms with Crippen LogP contribution in [0.4, 0.5) is 0 Å². The molecule has 0 bridgehead atoms. The third-order valence-corrected chi connectivity index (χ3v) is 3.54. The van der Waals surface area contributed by atoms with Crippen LogP contribution in [0.2, 0.25) is 0 Å². The van der Waals surface area contributed by atoms with Crippen LogP contribution in [0, 0.1) is 6.92 Å². The largest absolute Gasteiger partial charge is 0.496 e. The lowest BCUT2D eigenvalue weighted by Gasteiger charge is -2.11. The maximum Gasteiger partial charge on any atom is 0.175 e. The summed E-state index contributed by atoms with van der Waals surface area (Å²) < 4.78 is 28.2. The molecule has 0 atom stereocenters. The molecule has 0 unspecified atom stereocenters. The van der Waals surface area contributed by atoms with Gasteiger partial charge in [0.1, 0.15) is 5.75 Å². The molecule has 0 aliphatic rings. The summed E-state index contributed by atoms with van der Waals surface area (Å²) in [5.41, 5.74) is 1.36. The molecule has 0 aliphatic heterocycles. The molecule has 1 aromatic rings. The van der Waals surface area contributed by atoms with Crippen molar-refractivity contribution in [1.82, 2.24) is 0 Å². The summed E-state index contributed by atoms with van der Waals surface area (Å²) in [6.45, 7) is 1.70. The second-order valence-electron chi connectivity index (χ2n) is 3.68. The highest BCUT2D eigenvalue weighted by Gasteiger charge is 2.15. The molecule has 90 valence electrons. The molecule has 0 aliphatic carbocycles. The zero-order chi connectivity index (χ0) is 12.3. The van der Waals surface area contributed by atoms with Crippen molar-refractivity contribution in [2.24, 2.45) is 0 Å². The van der Waals surface area contributed by atoms with Crippen molar-refractivity contribution >= 4 is 9.84 Å². The van der Waals surface area contributed by atoms with Crippen molar-refractivity contribution in [3.05, 3.63) is 23.3 Å². The first-order chi connectivity index (χ1) is 7.40. The molecular weight excluding hydrogens is 228 g/mol. The summed E-state index contributed by atoms with van der Waals surface area (Å²) in [6, 6.07) is 3.25. The lowest BCUT2D eigenvalue weighted by molar-refractivity contribution is 0.298. The molecule has 16 heavy (non-hydrogen) atoms. The Morgan fingerprint density at radius 2 is 2.00 bits per heavy atom. The third-order valence-electron chi connectivity index (χ3n) is 2.36. The molecule has 0 saturated carbocycles. The fourth-order valence-electron chi connectivity index (χ4n) is 1.58. The standard InChI is InChI=1S/C11H16O4S/c1-8-6-11(16(3,13)14)9(4-5-12)7-10(8)15-2/h6-7,12H,4-5H2,1-3H3. The van der Waals surface area contributed by atoms with Crippen LogP contribution in [0.5, 0.6) is 5.75 Å². The topological polar surface area (TPSA) is 63.6 Å². The molecule has 1 rings (SSSR count). The number of methoxy groups -OCH3 is 1. The van der Waals surface area contributed by atoms with Crippen LogP contribution in [0.15, 0.2) is 17.0 Å². The highest BCUT2D eigenvalue weighted by molar-refractivity contribution is 7.90. The summed E-state index contributed by atoms with van der Waals surface area (Å²) in [6.07, 6.45) is 1.47. The highest BCUT2D eigenvalue weighted by atomic mass is 32.2. The minimum Gasteiger partial charge on any atom is -0.496 e. The smallest absolute Gasteiger partial charge is 0.175 e. The maximum absolute atomic E-state index is 11.6. The van der Waals surface area contributed by atoms with Crippen LogP contribution in [-0.4, -0.2) is 33.5 Å². The van der Waals surface area contributed by atoms with Gasteiger partial charge in [0.2, 0.25) is 0 Å². The maximum atomic E-state index is 11.6. The van der Waals surface area contributed by atoms with Gasteiger partial charge in [-0.2, -0.15) is 0 Å². The second kappa shape index (κ2) is 4.84. The summed E-state index contributed by atoms with van der Waals surface area (Å²) in [4.78, 5) is 0.264. The Kier molecular flexibility index (Phi) is 3.93. The SMILES string of the molecule is COc1cc(CCO)c(S(C)(=O)=O)cc1C.